The number of hydrogen-bond donors (Lipinski definition) is 2. The zero-order valence-electron chi connectivity index (χ0n) is 18.1. The lowest BCUT2D eigenvalue weighted by Gasteiger charge is -2.27. The van der Waals surface area contributed by atoms with Crippen molar-refractivity contribution in [2.45, 2.75) is 26.0 Å². The van der Waals surface area contributed by atoms with Gasteiger partial charge in [-0.05, 0) is 53.3 Å². The van der Waals surface area contributed by atoms with Crippen molar-refractivity contribution >= 4 is 29.1 Å². The highest BCUT2D eigenvalue weighted by atomic mass is 32.1. The van der Waals surface area contributed by atoms with E-state index in [9.17, 15) is 14.4 Å². The number of fused-ring (bicyclic) bond motifs is 1. The van der Waals surface area contributed by atoms with Crippen molar-refractivity contribution in [1.82, 2.24) is 10.2 Å². The van der Waals surface area contributed by atoms with Crippen LogP contribution in [0.25, 0.3) is 0 Å². The monoisotopic (exact) mass is 463 g/mol. The van der Waals surface area contributed by atoms with E-state index in [1.54, 1.807) is 53.8 Å². The fraction of sp³-hybridized carbons (Fsp3) is 0.240. The molecule has 0 radical (unpaired) electrons. The van der Waals surface area contributed by atoms with Gasteiger partial charge in [-0.2, -0.15) is 0 Å². The van der Waals surface area contributed by atoms with Crippen molar-refractivity contribution in [3.05, 3.63) is 87.1 Å². The summed E-state index contributed by atoms with van der Waals surface area (Å²) in [6.07, 6.45) is 1.15. The van der Waals surface area contributed by atoms with Gasteiger partial charge in [0.25, 0.3) is 11.8 Å². The minimum absolute atomic E-state index is 0.0439. The standard InChI is InChI=1S/C25H25N3O4S/c26-24(30)20-6-1-2-7-21(20)32-16-17-4-3-5-18(14-17)25(31)27-11-8-23(29)28-12-9-22-19(15-28)10-13-33-22/h1-7,10,13-14H,8-9,11-12,15-16H2,(H2,26,30)(H,27,31). The van der Waals surface area contributed by atoms with Gasteiger partial charge in [-0.1, -0.05) is 24.3 Å². The lowest BCUT2D eigenvalue weighted by molar-refractivity contribution is -0.131. The van der Waals surface area contributed by atoms with Crippen LogP contribution < -0.4 is 15.8 Å². The number of nitrogens with one attached hydrogen (secondary N) is 1. The summed E-state index contributed by atoms with van der Waals surface area (Å²) in [5.41, 5.74) is 8.16. The van der Waals surface area contributed by atoms with Gasteiger partial charge in [0, 0.05) is 36.5 Å². The molecule has 3 N–H and O–H groups in total. The Morgan fingerprint density at radius 3 is 2.79 bits per heavy atom. The summed E-state index contributed by atoms with van der Waals surface area (Å²) in [6, 6.07) is 15.9. The molecule has 0 unspecified atom stereocenters. The molecule has 7 nitrogen and oxygen atoms in total. The molecule has 4 rings (SSSR count). The summed E-state index contributed by atoms with van der Waals surface area (Å²) < 4.78 is 5.74. The molecule has 0 aliphatic carbocycles. The predicted molar refractivity (Wildman–Crippen MR) is 126 cm³/mol. The maximum atomic E-state index is 12.6. The van der Waals surface area contributed by atoms with Gasteiger partial charge in [-0.3, -0.25) is 14.4 Å². The van der Waals surface area contributed by atoms with Crippen LogP contribution in [0.15, 0.2) is 60.0 Å². The molecule has 2 heterocycles. The first-order valence-electron chi connectivity index (χ1n) is 10.7. The number of carbonyl (C=O) groups excluding carboxylic acids is 3. The van der Waals surface area contributed by atoms with Crippen molar-refractivity contribution < 1.29 is 19.1 Å². The summed E-state index contributed by atoms with van der Waals surface area (Å²) in [4.78, 5) is 39.8. The van der Waals surface area contributed by atoms with E-state index in [-0.39, 0.29) is 31.4 Å². The fourth-order valence-corrected chi connectivity index (χ4v) is 4.65. The molecule has 0 saturated carbocycles. The molecular formula is C25H25N3O4S. The molecule has 0 bridgehead atoms. The first kappa shape index (κ1) is 22.5. The summed E-state index contributed by atoms with van der Waals surface area (Å²) in [7, 11) is 0. The molecule has 1 aliphatic rings. The molecule has 8 heteroatoms. The number of amides is 3. The van der Waals surface area contributed by atoms with Gasteiger partial charge in [-0.15, -0.1) is 11.3 Å². The molecule has 0 fully saturated rings. The molecule has 1 aromatic heterocycles. The van der Waals surface area contributed by atoms with Gasteiger partial charge in [0.2, 0.25) is 5.91 Å². The number of carbonyl (C=O) groups is 3. The Balaban J connectivity index is 1.27. The number of rotatable bonds is 8. The van der Waals surface area contributed by atoms with Crippen LogP contribution in [0.4, 0.5) is 0 Å². The third-order valence-corrected chi connectivity index (χ3v) is 6.54. The van der Waals surface area contributed by atoms with E-state index in [4.69, 9.17) is 10.5 Å². The van der Waals surface area contributed by atoms with Crippen LogP contribution in [0.5, 0.6) is 5.75 Å². The lowest BCUT2D eigenvalue weighted by Crippen LogP contribution is -2.37. The Bertz CT molecular complexity index is 1170. The maximum Gasteiger partial charge on any atom is 0.252 e. The van der Waals surface area contributed by atoms with E-state index in [1.807, 2.05) is 11.0 Å². The topological polar surface area (TPSA) is 102 Å². The summed E-state index contributed by atoms with van der Waals surface area (Å²) in [5, 5.41) is 4.89. The number of para-hydroxylation sites is 1. The molecule has 170 valence electrons. The molecular weight excluding hydrogens is 438 g/mol. The van der Waals surface area contributed by atoms with Crippen LogP contribution >= 0.6 is 11.3 Å². The summed E-state index contributed by atoms with van der Waals surface area (Å²) in [5.74, 6) is -0.373. The number of hydrogen-bond acceptors (Lipinski definition) is 5. The second-order valence-corrected chi connectivity index (χ2v) is 8.79. The van der Waals surface area contributed by atoms with Crippen LogP contribution in [0, 0.1) is 0 Å². The van der Waals surface area contributed by atoms with E-state index in [2.05, 4.69) is 16.8 Å². The largest absolute Gasteiger partial charge is 0.488 e. The number of ether oxygens (including phenoxy) is 1. The maximum absolute atomic E-state index is 12.6. The van der Waals surface area contributed by atoms with Crippen LogP contribution in [0.2, 0.25) is 0 Å². The smallest absolute Gasteiger partial charge is 0.252 e. The van der Waals surface area contributed by atoms with E-state index >= 15 is 0 Å². The van der Waals surface area contributed by atoms with E-state index in [0.717, 1.165) is 18.5 Å². The Kier molecular flexibility index (Phi) is 7.04. The summed E-state index contributed by atoms with van der Waals surface area (Å²) >= 11 is 1.74. The average Bonchev–Trinajstić information content (AvgIpc) is 3.31. The van der Waals surface area contributed by atoms with Crippen LogP contribution in [0.1, 0.15) is 43.1 Å². The number of nitrogens with two attached hydrogens (primary N) is 1. The van der Waals surface area contributed by atoms with E-state index < -0.39 is 5.91 Å². The van der Waals surface area contributed by atoms with Gasteiger partial charge < -0.3 is 20.7 Å². The zero-order valence-corrected chi connectivity index (χ0v) is 18.9. The molecule has 0 atom stereocenters. The van der Waals surface area contributed by atoms with Gasteiger partial charge in [0.15, 0.2) is 0 Å². The highest BCUT2D eigenvalue weighted by Crippen LogP contribution is 2.24. The first-order chi connectivity index (χ1) is 16.0. The quantitative estimate of drug-likeness (QED) is 0.536. The molecule has 3 amide bonds. The van der Waals surface area contributed by atoms with Gasteiger partial charge in [-0.25, -0.2) is 0 Å². The second kappa shape index (κ2) is 10.3. The average molecular weight is 464 g/mol. The second-order valence-electron chi connectivity index (χ2n) is 7.79. The molecule has 1 aliphatic heterocycles. The van der Waals surface area contributed by atoms with Gasteiger partial charge in [0.05, 0.1) is 5.56 Å². The third kappa shape index (κ3) is 5.59. The Labute approximate surface area is 196 Å². The predicted octanol–water partition coefficient (Wildman–Crippen LogP) is 3.13. The first-order valence-corrected chi connectivity index (χ1v) is 11.6. The van der Waals surface area contributed by atoms with Gasteiger partial charge >= 0.3 is 0 Å². The summed E-state index contributed by atoms with van der Waals surface area (Å²) in [6.45, 7) is 1.83. The van der Waals surface area contributed by atoms with Crippen molar-refractivity contribution in [2.75, 3.05) is 13.1 Å². The van der Waals surface area contributed by atoms with Crippen LogP contribution in [-0.2, 0) is 24.4 Å². The van der Waals surface area contributed by atoms with Crippen molar-refractivity contribution in [3.63, 3.8) is 0 Å². The van der Waals surface area contributed by atoms with Crippen LogP contribution in [-0.4, -0.2) is 35.7 Å². The minimum Gasteiger partial charge on any atom is -0.488 e. The minimum atomic E-state index is -0.561. The molecule has 2 aromatic carbocycles. The third-order valence-electron chi connectivity index (χ3n) is 5.52. The SMILES string of the molecule is NC(=O)c1ccccc1OCc1cccc(C(=O)NCCC(=O)N2CCc3sccc3C2)c1. The Morgan fingerprint density at radius 2 is 1.94 bits per heavy atom. The number of nitrogens with zero attached hydrogens (tertiary/aromatic N) is 1. The molecule has 0 saturated heterocycles. The van der Waals surface area contributed by atoms with Crippen molar-refractivity contribution in [3.8, 4) is 5.75 Å². The lowest BCUT2D eigenvalue weighted by atomic mass is 10.1. The zero-order chi connectivity index (χ0) is 23.2. The number of benzene rings is 2. The Morgan fingerprint density at radius 1 is 1.09 bits per heavy atom. The molecule has 33 heavy (non-hydrogen) atoms. The van der Waals surface area contributed by atoms with Gasteiger partial charge in [0.1, 0.15) is 12.4 Å². The Hall–Kier alpha value is -3.65. The normalized spacial score (nSPS) is 12.7. The van der Waals surface area contributed by atoms with Crippen molar-refractivity contribution in [1.29, 1.82) is 0 Å². The van der Waals surface area contributed by atoms with E-state index in [1.165, 1.54) is 10.4 Å². The fourth-order valence-electron chi connectivity index (χ4n) is 3.76. The van der Waals surface area contributed by atoms with E-state index in [0.29, 0.717) is 23.4 Å². The van der Waals surface area contributed by atoms with Crippen LogP contribution in [0.3, 0.4) is 0 Å². The van der Waals surface area contributed by atoms with Crippen molar-refractivity contribution in [2.24, 2.45) is 5.73 Å². The highest BCUT2D eigenvalue weighted by Gasteiger charge is 2.21. The highest BCUT2D eigenvalue weighted by molar-refractivity contribution is 7.10. The molecule has 0 spiro atoms. The molecule has 3 aromatic rings. The number of thiophene rings is 1. The number of primary amides is 1.